The molecule has 0 atom stereocenters. The van der Waals surface area contributed by atoms with Crippen molar-refractivity contribution in [3.05, 3.63) is 27.4 Å². The first-order valence-corrected chi connectivity index (χ1v) is 4.98. The lowest BCUT2D eigenvalue weighted by atomic mass is 10.3. The van der Waals surface area contributed by atoms with Crippen molar-refractivity contribution in [3.8, 4) is 0 Å². The Bertz CT molecular complexity index is 684. The van der Waals surface area contributed by atoms with E-state index in [0.717, 1.165) is 0 Å². The first-order valence-electron chi connectivity index (χ1n) is 4.98. The van der Waals surface area contributed by atoms with Crippen molar-refractivity contribution in [1.82, 2.24) is 30.0 Å². The lowest BCUT2D eigenvalue weighted by molar-refractivity contribution is 0.101. The van der Waals surface area contributed by atoms with Gasteiger partial charge in [-0.3, -0.25) is 24.9 Å². The molecule has 2 rings (SSSR count). The highest BCUT2D eigenvalue weighted by atomic mass is 16.1. The second-order valence-electron chi connectivity index (χ2n) is 3.67. The van der Waals surface area contributed by atoms with Gasteiger partial charge in [-0.2, -0.15) is 4.52 Å². The molecule has 2 heterocycles. The molecule has 0 bridgehead atoms. The first-order chi connectivity index (χ1) is 8.00. The summed E-state index contributed by atoms with van der Waals surface area (Å²) < 4.78 is 1.20. The molecule has 0 aliphatic carbocycles. The van der Waals surface area contributed by atoms with Gasteiger partial charge in [0.2, 0.25) is 0 Å². The molecule has 17 heavy (non-hydrogen) atoms. The minimum atomic E-state index is -0.326. The molecule has 0 saturated carbocycles. The number of rotatable bonds is 1. The second-order valence-corrected chi connectivity index (χ2v) is 3.67. The molecule has 8 nitrogen and oxygen atoms in total. The number of hydrogen-bond acceptors (Lipinski definition) is 4. The van der Waals surface area contributed by atoms with Crippen molar-refractivity contribution in [2.75, 3.05) is 0 Å². The van der Waals surface area contributed by atoms with Crippen LogP contribution in [0.2, 0.25) is 0 Å². The van der Waals surface area contributed by atoms with Crippen molar-refractivity contribution in [3.63, 3.8) is 0 Å². The maximum Gasteiger partial charge on any atom is 0.295 e. The summed E-state index contributed by atoms with van der Waals surface area (Å²) in [6.07, 6.45) is 0. The zero-order valence-electron chi connectivity index (χ0n) is 9.66. The fourth-order valence-electron chi connectivity index (χ4n) is 1.44. The van der Waals surface area contributed by atoms with Crippen LogP contribution in [0.4, 0.5) is 0 Å². The number of H-pyrrole nitrogens is 3. The zero-order valence-corrected chi connectivity index (χ0v) is 9.66. The number of hydrogen-bond donors (Lipinski definition) is 3. The molecule has 90 valence electrons. The van der Waals surface area contributed by atoms with E-state index in [0.29, 0.717) is 11.4 Å². The van der Waals surface area contributed by atoms with Crippen molar-refractivity contribution >= 4 is 11.6 Å². The van der Waals surface area contributed by atoms with Gasteiger partial charge in [0.15, 0.2) is 5.78 Å². The average Bonchev–Trinajstić information content (AvgIpc) is 2.43. The van der Waals surface area contributed by atoms with E-state index in [1.54, 1.807) is 13.8 Å². The molecule has 2 aromatic rings. The SMILES string of the molecule is CC(=O)c1[nH][nH]c2nnc(C)c(=O)n2[nH]c1C. The third-order valence-electron chi connectivity index (χ3n) is 2.32. The van der Waals surface area contributed by atoms with Crippen LogP contribution in [0, 0.1) is 13.8 Å². The molecule has 0 unspecified atom stereocenters. The molecular weight excluding hydrogens is 224 g/mol. The summed E-state index contributed by atoms with van der Waals surface area (Å²) in [6.45, 7) is 4.67. The first kappa shape index (κ1) is 11.1. The fourth-order valence-corrected chi connectivity index (χ4v) is 1.44. The van der Waals surface area contributed by atoms with Gasteiger partial charge in [-0.15, -0.1) is 10.2 Å². The quantitative estimate of drug-likeness (QED) is 0.606. The Kier molecular flexibility index (Phi) is 2.54. The molecule has 0 aliphatic rings. The maximum atomic E-state index is 11.8. The molecule has 2 aromatic heterocycles. The highest BCUT2D eigenvalue weighted by Gasteiger charge is 2.06. The largest absolute Gasteiger partial charge is 0.295 e. The number of carbonyl (C=O) groups excluding carboxylic acids is 1. The van der Waals surface area contributed by atoms with Crippen LogP contribution in [-0.2, 0) is 0 Å². The fraction of sp³-hybridized carbons (Fsp3) is 0.333. The number of fused-ring (bicyclic) bond motifs is 1. The Labute approximate surface area is 95.4 Å². The molecule has 0 saturated heterocycles. The van der Waals surface area contributed by atoms with Crippen LogP contribution in [0.3, 0.4) is 0 Å². The third kappa shape index (κ3) is 1.84. The second kappa shape index (κ2) is 3.89. The van der Waals surface area contributed by atoms with E-state index in [1.807, 2.05) is 0 Å². The minimum Gasteiger partial charge on any atom is -0.293 e. The number of aryl methyl sites for hydroxylation is 2. The van der Waals surface area contributed by atoms with E-state index in [9.17, 15) is 9.59 Å². The number of aromatic nitrogens is 6. The lowest BCUT2D eigenvalue weighted by Crippen LogP contribution is -2.21. The van der Waals surface area contributed by atoms with E-state index in [1.165, 1.54) is 11.4 Å². The van der Waals surface area contributed by atoms with Crippen molar-refractivity contribution in [1.29, 1.82) is 0 Å². The number of nitrogens with zero attached hydrogens (tertiary/aromatic N) is 3. The molecule has 0 radical (unpaired) electrons. The van der Waals surface area contributed by atoms with Gasteiger partial charge in [-0.1, -0.05) is 0 Å². The Morgan fingerprint density at radius 1 is 1.24 bits per heavy atom. The predicted octanol–water partition coefficient (Wildman–Crippen LogP) is 0.0176. The van der Waals surface area contributed by atoms with E-state index in [2.05, 4.69) is 25.5 Å². The molecule has 0 fully saturated rings. The average molecular weight is 236 g/mol. The summed E-state index contributed by atoms with van der Waals surface area (Å²) in [5.41, 5.74) is 0.807. The highest BCUT2D eigenvalue weighted by molar-refractivity contribution is 5.92. The summed E-state index contributed by atoms with van der Waals surface area (Å²) in [7, 11) is 0. The number of nitrogens with one attached hydrogen (secondary N) is 3. The smallest absolute Gasteiger partial charge is 0.293 e. The van der Waals surface area contributed by atoms with E-state index < -0.39 is 0 Å². The summed E-state index contributed by atoms with van der Waals surface area (Å²) in [4.78, 5) is 23.2. The van der Waals surface area contributed by atoms with Gasteiger partial charge in [0.25, 0.3) is 11.3 Å². The van der Waals surface area contributed by atoms with Crippen LogP contribution in [-0.4, -0.2) is 35.8 Å². The molecule has 8 heteroatoms. The van der Waals surface area contributed by atoms with Crippen LogP contribution in [0.15, 0.2) is 4.79 Å². The van der Waals surface area contributed by atoms with Crippen LogP contribution < -0.4 is 5.56 Å². The Balaban J connectivity index is 2.95. The number of Topliss-reactive ketones (excluding diaryl/α,β-unsaturated/α-hetero) is 1. The number of ketones is 1. The molecule has 0 amide bonds. The van der Waals surface area contributed by atoms with Gasteiger partial charge < -0.3 is 0 Å². The standard InChI is InChI=1S/C9H12N6O2/c1-4-7(6(3)16)11-13-9-12-10-5(2)8(17)15(9)14-4/h11,14H,1-3H3,(H,12,13). The Hall–Kier alpha value is -2.38. The topological polar surface area (TPSA) is 112 Å². The molecule has 0 aromatic carbocycles. The minimum absolute atomic E-state index is 0.159. The van der Waals surface area contributed by atoms with Gasteiger partial charge >= 0.3 is 0 Å². The lowest BCUT2D eigenvalue weighted by Gasteiger charge is -1.96. The summed E-state index contributed by atoms with van der Waals surface area (Å²) >= 11 is 0. The van der Waals surface area contributed by atoms with Crippen LogP contribution in [0.5, 0.6) is 0 Å². The van der Waals surface area contributed by atoms with Gasteiger partial charge in [0.05, 0.1) is 5.69 Å². The van der Waals surface area contributed by atoms with Crippen LogP contribution in [0.25, 0.3) is 5.78 Å². The predicted molar refractivity (Wildman–Crippen MR) is 59.4 cm³/mol. The Morgan fingerprint density at radius 2 is 1.94 bits per heavy atom. The molecule has 0 aliphatic heterocycles. The van der Waals surface area contributed by atoms with Gasteiger partial charge in [-0.05, 0) is 13.8 Å². The van der Waals surface area contributed by atoms with Crippen molar-refractivity contribution in [2.45, 2.75) is 20.8 Å². The highest BCUT2D eigenvalue weighted by Crippen LogP contribution is 1.98. The normalized spacial score (nSPS) is 10.5. The van der Waals surface area contributed by atoms with E-state index in [-0.39, 0.29) is 22.8 Å². The molecular formula is C9H12N6O2. The Morgan fingerprint density at radius 3 is 2.59 bits per heavy atom. The van der Waals surface area contributed by atoms with E-state index >= 15 is 0 Å². The van der Waals surface area contributed by atoms with Crippen LogP contribution >= 0.6 is 0 Å². The zero-order chi connectivity index (χ0) is 12.6. The summed E-state index contributed by atoms with van der Waals surface area (Å²) in [5, 5.41) is 15.6. The monoisotopic (exact) mass is 236 g/mol. The van der Waals surface area contributed by atoms with Gasteiger partial charge in [0.1, 0.15) is 11.4 Å². The van der Waals surface area contributed by atoms with Gasteiger partial charge in [0, 0.05) is 6.92 Å². The number of carbonyl (C=O) groups is 1. The van der Waals surface area contributed by atoms with E-state index in [4.69, 9.17) is 0 Å². The third-order valence-corrected chi connectivity index (χ3v) is 2.32. The summed E-state index contributed by atoms with van der Waals surface area (Å²) in [5.74, 6) is 0.0317. The van der Waals surface area contributed by atoms with Crippen molar-refractivity contribution in [2.24, 2.45) is 0 Å². The summed E-state index contributed by atoms with van der Waals surface area (Å²) in [6, 6.07) is 0. The van der Waals surface area contributed by atoms with Crippen molar-refractivity contribution < 1.29 is 4.79 Å². The van der Waals surface area contributed by atoms with Crippen LogP contribution in [0.1, 0.15) is 28.8 Å². The molecule has 0 spiro atoms. The number of aromatic amines is 3. The van der Waals surface area contributed by atoms with Gasteiger partial charge in [-0.25, -0.2) is 0 Å². The molecule has 3 N–H and O–H groups in total. The maximum absolute atomic E-state index is 11.8.